The Morgan fingerprint density at radius 3 is 2.65 bits per heavy atom. The monoisotopic (exact) mass is 359 g/mol. The molecule has 1 unspecified atom stereocenters. The average Bonchev–Trinajstić information content (AvgIpc) is 3.48. The number of carbonyl (C=O) groups excluding carboxylic acids is 1. The van der Waals surface area contributed by atoms with E-state index in [0.717, 1.165) is 70.0 Å². The average molecular weight is 359 g/mol. The van der Waals surface area contributed by atoms with E-state index in [1.54, 1.807) is 12.1 Å². The molecule has 4 rings (SSSR count). The minimum absolute atomic E-state index is 0.0683. The van der Waals surface area contributed by atoms with Gasteiger partial charge in [0.15, 0.2) is 0 Å². The summed E-state index contributed by atoms with van der Waals surface area (Å²) in [6.45, 7) is 4.75. The van der Waals surface area contributed by atoms with E-state index in [2.05, 4.69) is 15.1 Å². The van der Waals surface area contributed by atoms with E-state index < -0.39 is 0 Å². The molecule has 0 radical (unpaired) electrons. The van der Waals surface area contributed by atoms with Crippen molar-refractivity contribution in [2.75, 3.05) is 26.2 Å². The van der Waals surface area contributed by atoms with Crippen molar-refractivity contribution < 1.29 is 9.18 Å². The topological polar surface area (TPSA) is 35.6 Å². The van der Waals surface area contributed by atoms with E-state index in [1.165, 1.54) is 18.9 Å². The van der Waals surface area contributed by atoms with Gasteiger partial charge in [0.1, 0.15) is 5.82 Å². The Labute approximate surface area is 155 Å². The molecule has 1 atom stereocenters. The molecule has 2 aliphatic heterocycles. The zero-order chi connectivity index (χ0) is 17.9. The summed E-state index contributed by atoms with van der Waals surface area (Å²) in [5.74, 6) is 0.101. The third-order valence-corrected chi connectivity index (χ3v) is 6.11. The van der Waals surface area contributed by atoms with Crippen LogP contribution >= 0.6 is 0 Å². The summed E-state index contributed by atoms with van der Waals surface area (Å²) < 4.78 is 13.4. The van der Waals surface area contributed by atoms with Crippen molar-refractivity contribution in [1.29, 1.82) is 0 Å². The highest BCUT2D eigenvalue weighted by Crippen LogP contribution is 2.29. The van der Waals surface area contributed by atoms with E-state index >= 15 is 0 Å². The zero-order valence-electron chi connectivity index (χ0n) is 15.5. The van der Waals surface area contributed by atoms with Gasteiger partial charge in [-0.1, -0.05) is 12.1 Å². The van der Waals surface area contributed by atoms with Crippen LogP contribution in [0.3, 0.4) is 0 Å². The largest absolute Gasteiger partial charge is 0.353 e. The zero-order valence-corrected chi connectivity index (χ0v) is 15.5. The maximum atomic E-state index is 13.4. The molecule has 1 aromatic rings. The second-order valence-electron chi connectivity index (χ2n) is 8.25. The predicted octanol–water partition coefficient (Wildman–Crippen LogP) is 2.78. The number of likely N-dealkylation sites (tertiary alicyclic amines) is 2. The normalized spacial score (nSPS) is 26.0. The molecule has 0 bridgehead atoms. The number of carbonyl (C=O) groups is 1. The lowest BCUT2D eigenvalue weighted by molar-refractivity contribution is -0.127. The summed E-state index contributed by atoms with van der Waals surface area (Å²) in [6, 6.07) is 7.96. The SMILES string of the molecule is O=C(NC1CCN(C2CC2)CC1)C1CCCN(Cc2cccc(F)c2)C1. The van der Waals surface area contributed by atoms with Gasteiger partial charge in [-0.05, 0) is 62.8 Å². The summed E-state index contributed by atoms with van der Waals surface area (Å²) in [5, 5.41) is 3.31. The molecule has 1 aromatic carbocycles. The van der Waals surface area contributed by atoms with Crippen LogP contribution in [0.2, 0.25) is 0 Å². The molecule has 2 heterocycles. The molecule has 3 aliphatic rings. The standard InChI is InChI=1S/C21H30FN3O/c22-18-5-1-3-16(13-18)14-24-10-2-4-17(15-24)21(26)23-19-8-11-25(12-9-19)20-6-7-20/h1,3,5,13,17,19-20H,2,4,6-12,14-15H2,(H,23,26). The molecule has 2 saturated heterocycles. The van der Waals surface area contributed by atoms with Crippen molar-refractivity contribution in [3.63, 3.8) is 0 Å². The molecular formula is C21H30FN3O. The van der Waals surface area contributed by atoms with Gasteiger partial charge in [0, 0.05) is 38.3 Å². The molecule has 0 spiro atoms. The number of amides is 1. The minimum atomic E-state index is -0.189. The van der Waals surface area contributed by atoms with Crippen LogP contribution < -0.4 is 5.32 Å². The molecule has 3 fully saturated rings. The van der Waals surface area contributed by atoms with Gasteiger partial charge in [-0.15, -0.1) is 0 Å². The lowest BCUT2D eigenvalue weighted by Gasteiger charge is -2.35. The summed E-state index contributed by atoms with van der Waals surface area (Å²) >= 11 is 0. The molecule has 1 aliphatic carbocycles. The fourth-order valence-corrected chi connectivity index (χ4v) is 4.47. The number of benzene rings is 1. The quantitative estimate of drug-likeness (QED) is 0.878. The number of halogens is 1. The molecule has 142 valence electrons. The van der Waals surface area contributed by atoms with Crippen molar-refractivity contribution in [3.05, 3.63) is 35.6 Å². The number of nitrogens with one attached hydrogen (secondary N) is 1. The van der Waals surface area contributed by atoms with E-state index in [-0.39, 0.29) is 17.6 Å². The fraction of sp³-hybridized carbons (Fsp3) is 0.667. The third kappa shape index (κ3) is 4.63. The summed E-state index contributed by atoms with van der Waals surface area (Å²) in [6.07, 6.45) is 6.89. The molecule has 0 aromatic heterocycles. The van der Waals surface area contributed by atoms with Crippen molar-refractivity contribution in [2.24, 2.45) is 5.92 Å². The Kier molecular flexibility index (Phi) is 5.55. The van der Waals surface area contributed by atoms with Gasteiger partial charge in [0.2, 0.25) is 5.91 Å². The highest BCUT2D eigenvalue weighted by atomic mass is 19.1. The van der Waals surface area contributed by atoms with Gasteiger partial charge in [-0.2, -0.15) is 0 Å². The summed E-state index contributed by atoms with van der Waals surface area (Å²) in [4.78, 5) is 17.6. The van der Waals surface area contributed by atoms with Gasteiger partial charge in [0.05, 0.1) is 5.92 Å². The number of rotatable bonds is 5. The van der Waals surface area contributed by atoms with E-state index in [4.69, 9.17) is 0 Å². The fourth-order valence-electron chi connectivity index (χ4n) is 4.47. The highest BCUT2D eigenvalue weighted by Gasteiger charge is 2.33. The van der Waals surface area contributed by atoms with E-state index in [9.17, 15) is 9.18 Å². The Morgan fingerprint density at radius 2 is 1.92 bits per heavy atom. The van der Waals surface area contributed by atoms with Gasteiger partial charge < -0.3 is 10.2 Å². The molecular weight excluding hydrogens is 329 g/mol. The lowest BCUT2D eigenvalue weighted by atomic mass is 9.95. The molecule has 4 nitrogen and oxygen atoms in total. The molecule has 1 saturated carbocycles. The maximum absolute atomic E-state index is 13.4. The first-order valence-corrected chi connectivity index (χ1v) is 10.2. The third-order valence-electron chi connectivity index (χ3n) is 6.11. The van der Waals surface area contributed by atoms with Crippen LogP contribution in [0.4, 0.5) is 4.39 Å². The van der Waals surface area contributed by atoms with Crippen LogP contribution in [-0.4, -0.2) is 54.0 Å². The van der Waals surface area contributed by atoms with Crippen LogP contribution in [0.25, 0.3) is 0 Å². The second-order valence-corrected chi connectivity index (χ2v) is 8.25. The van der Waals surface area contributed by atoms with Crippen LogP contribution in [0.1, 0.15) is 44.1 Å². The highest BCUT2D eigenvalue weighted by molar-refractivity contribution is 5.79. The number of nitrogens with zero attached hydrogens (tertiary/aromatic N) is 2. The first-order valence-electron chi connectivity index (χ1n) is 10.2. The Morgan fingerprint density at radius 1 is 1.12 bits per heavy atom. The Hall–Kier alpha value is -1.46. The lowest BCUT2D eigenvalue weighted by Crippen LogP contribution is -2.49. The van der Waals surface area contributed by atoms with Crippen molar-refractivity contribution in [2.45, 2.75) is 57.2 Å². The van der Waals surface area contributed by atoms with Crippen molar-refractivity contribution >= 4 is 5.91 Å². The van der Waals surface area contributed by atoms with Crippen LogP contribution in [0.15, 0.2) is 24.3 Å². The molecule has 1 amide bonds. The first-order chi connectivity index (χ1) is 12.7. The van der Waals surface area contributed by atoms with Crippen molar-refractivity contribution in [1.82, 2.24) is 15.1 Å². The Bertz CT molecular complexity index is 625. The number of hydrogen-bond acceptors (Lipinski definition) is 3. The summed E-state index contributed by atoms with van der Waals surface area (Å²) in [7, 11) is 0. The van der Waals surface area contributed by atoms with Crippen LogP contribution in [0, 0.1) is 11.7 Å². The van der Waals surface area contributed by atoms with Crippen LogP contribution in [-0.2, 0) is 11.3 Å². The number of piperidine rings is 2. The molecule has 1 N–H and O–H groups in total. The molecule has 5 heteroatoms. The van der Waals surface area contributed by atoms with Gasteiger partial charge >= 0.3 is 0 Å². The Balaban J connectivity index is 1.25. The van der Waals surface area contributed by atoms with Crippen molar-refractivity contribution in [3.8, 4) is 0 Å². The summed E-state index contributed by atoms with van der Waals surface area (Å²) in [5.41, 5.74) is 0.985. The smallest absolute Gasteiger partial charge is 0.224 e. The van der Waals surface area contributed by atoms with Gasteiger partial charge in [-0.3, -0.25) is 9.69 Å². The maximum Gasteiger partial charge on any atom is 0.224 e. The second kappa shape index (κ2) is 8.05. The van der Waals surface area contributed by atoms with Crippen LogP contribution in [0.5, 0.6) is 0 Å². The molecule has 26 heavy (non-hydrogen) atoms. The van der Waals surface area contributed by atoms with Gasteiger partial charge in [0.25, 0.3) is 0 Å². The van der Waals surface area contributed by atoms with Gasteiger partial charge in [-0.25, -0.2) is 4.39 Å². The van der Waals surface area contributed by atoms with E-state index in [1.807, 2.05) is 6.07 Å². The predicted molar refractivity (Wildman–Crippen MR) is 100 cm³/mol. The first kappa shape index (κ1) is 17.9. The minimum Gasteiger partial charge on any atom is -0.353 e. The van der Waals surface area contributed by atoms with E-state index in [0.29, 0.717) is 6.04 Å². The number of hydrogen-bond donors (Lipinski definition) is 1.